The summed E-state index contributed by atoms with van der Waals surface area (Å²) in [6, 6.07) is -0.464. The number of urea groups is 1. The highest BCUT2D eigenvalue weighted by Gasteiger charge is 2.27. The summed E-state index contributed by atoms with van der Waals surface area (Å²) in [4.78, 5) is 26.7. The van der Waals surface area contributed by atoms with Crippen molar-refractivity contribution in [3.8, 4) is 0 Å². The van der Waals surface area contributed by atoms with Crippen LogP contribution in [0.15, 0.2) is 0 Å². The van der Waals surface area contributed by atoms with Crippen LogP contribution < -0.4 is 5.32 Å². The van der Waals surface area contributed by atoms with E-state index in [9.17, 15) is 9.59 Å². The summed E-state index contributed by atoms with van der Waals surface area (Å²) < 4.78 is 0. The predicted octanol–water partition coefficient (Wildman–Crippen LogP) is 0.587. The topological polar surface area (TPSA) is 72.9 Å². The Morgan fingerprint density at radius 2 is 1.89 bits per heavy atom. The zero-order valence-electron chi connectivity index (χ0n) is 11.5. The molecule has 1 atom stereocenters. The van der Waals surface area contributed by atoms with Crippen molar-refractivity contribution in [2.24, 2.45) is 5.92 Å². The molecule has 6 heteroatoms. The van der Waals surface area contributed by atoms with E-state index in [1.165, 1.54) is 19.4 Å². The smallest absolute Gasteiger partial charge is 0.317 e. The van der Waals surface area contributed by atoms with E-state index in [2.05, 4.69) is 10.2 Å². The molecule has 1 aliphatic heterocycles. The number of carboxylic acid groups (broad SMARTS) is 1. The lowest BCUT2D eigenvalue weighted by atomic mass is 10.2. The third-order valence-corrected chi connectivity index (χ3v) is 3.72. The van der Waals surface area contributed by atoms with Crippen LogP contribution in [-0.4, -0.2) is 65.7 Å². The van der Waals surface area contributed by atoms with Crippen molar-refractivity contribution in [3.63, 3.8) is 0 Å². The summed E-state index contributed by atoms with van der Waals surface area (Å²) in [5.41, 5.74) is 0. The van der Waals surface area contributed by atoms with Gasteiger partial charge in [-0.05, 0) is 25.7 Å². The van der Waals surface area contributed by atoms with Crippen LogP contribution in [0.5, 0.6) is 0 Å². The standard InChI is InChI=1S/C13H23N3O3/c1-10(8-12(17)18)14-13(19)16-6-4-15(5-7-16)9-11-2-3-11/h10-11H,2-9H2,1H3,(H,14,19)(H,17,18). The lowest BCUT2D eigenvalue weighted by Gasteiger charge is -2.35. The van der Waals surface area contributed by atoms with Crippen LogP contribution in [0.2, 0.25) is 0 Å². The van der Waals surface area contributed by atoms with Crippen molar-refractivity contribution in [1.82, 2.24) is 15.1 Å². The molecule has 0 spiro atoms. The number of rotatable bonds is 5. The van der Waals surface area contributed by atoms with Crippen LogP contribution in [0.1, 0.15) is 26.2 Å². The zero-order chi connectivity index (χ0) is 13.8. The molecule has 0 aromatic carbocycles. The van der Waals surface area contributed by atoms with Crippen LogP contribution in [0.4, 0.5) is 4.79 Å². The van der Waals surface area contributed by atoms with Gasteiger partial charge < -0.3 is 15.3 Å². The van der Waals surface area contributed by atoms with Crippen LogP contribution in [-0.2, 0) is 4.79 Å². The van der Waals surface area contributed by atoms with Gasteiger partial charge in [-0.3, -0.25) is 9.69 Å². The molecule has 1 unspecified atom stereocenters. The minimum atomic E-state index is -0.887. The van der Waals surface area contributed by atoms with Gasteiger partial charge in [0.25, 0.3) is 0 Å². The quantitative estimate of drug-likeness (QED) is 0.766. The molecule has 108 valence electrons. The minimum Gasteiger partial charge on any atom is -0.481 e. The van der Waals surface area contributed by atoms with Gasteiger partial charge in [-0.2, -0.15) is 0 Å². The zero-order valence-corrected chi connectivity index (χ0v) is 11.5. The van der Waals surface area contributed by atoms with Gasteiger partial charge in [0.15, 0.2) is 0 Å². The minimum absolute atomic E-state index is 0.0343. The highest BCUT2D eigenvalue weighted by molar-refractivity contribution is 5.76. The number of carbonyl (C=O) groups is 2. The molecule has 2 N–H and O–H groups in total. The van der Waals surface area contributed by atoms with E-state index in [1.54, 1.807) is 11.8 Å². The summed E-state index contributed by atoms with van der Waals surface area (Å²) in [5, 5.41) is 11.4. The molecule has 0 radical (unpaired) electrons. The number of piperazine rings is 1. The molecule has 1 heterocycles. The van der Waals surface area contributed by atoms with Gasteiger partial charge in [0.1, 0.15) is 0 Å². The summed E-state index contributed by atoms with van der Waals surface area (Å²) in [7, 11) is 0. The maximum Gasteiger partial charge on any atom is 0.317 e. The number of aliphatic carboxylic acids is 1. The third kappa shape index (κ3) is 4.70. The summed E-state index contributed by atoms with van der Waals surface area (Å²) in [5.74, 6) is -0.00184. The Morgan fingerprint density at radius 3 is 2.42 bits per heavy atom. The highest BCUT2D eigenvalue weighted by Crippen LogP contribution is 2.29. The first-order valence-corrected chi connectivity index (χ1v) is 7.04. The first kappa shape index (κ1) is 14.1. The molecule has 2 rings (SSSR count). The van der Waals surface area contributed by atoms with E-state index >= 15 is 0 Å². The van der Waals surface area contributed by atoms with Crippen molar-refractivity contribution in [3.05, 3.63) is 0 Å². The highest BCUT2D eigenvalue weighted by atomic mass is 16.4. The summed E-state index contributed by atoms with van der Waals surface area (Å²) >= 11 is 0. The van der Waals surface area contributed by atoms with Crippen LogP contribution in [0.3, 0.4) is 0 Å². The van der Waals surface area contributed by atoms with Gasteiger partial charge in [-0.1, -0.05) is 0 Å². The monoisotopic (exact) mass is 269 g/mol. The lowest BCUT2D eigenvalue weighted by molar-refractivity contribution is -0.137. The molecule has 0 aromatic heterocycles. The maximum absolute atomic E-state index is 11.9. The number of carbonyl (C=O) groups excluding carboxylic acids is 1. The molecule has 1 aliphatic carbocycles. The number of nitrogens with zero attached hydrogens (tertiary/aromatic N) is 2. The second kappa shape index (κ2) is 6.23. The fourth-order valence-corrected chi connectivity index (χ4v) is 2.41. The number of carboxylic acids is 1. The SMILES string of the molecule is CC(CC(=O)O)NC(=O)N1CCN(CC2CC2)CC1. The molecule has 1 saturated carbocycles. The second-order valence-electron chi connectivity index (χ2n) is 5.68. The number of hydrogen-bond acceptors (Lipinski definition) is 3. The molecular formula is C13H23N3O3. The first-order chi connectivity index (χ1) is 9.04. The van der Waals surface area contributed by atoms with Crippen molar-refractivity contribution in [1.29, 1.82) is 0 Å². The van der Waals surface area contributed by atoms with E-state index in [1.807, 2.05) is 0 Å². The predicted molar refractivity (Wildman–Crippen MR) is 71.0 cm³/mol. The Hall–Kier alpha value is -1.30. The van der Waals surface area contributed by atoms with E-state index in [0.29, 0.717) is 0 Å². The van der Waals surface area contributed by atoms with E-state index in [0.717, 1.165) is 32.1 Å². The largest absolute Gasteiger partial charge is 0.481 e. The second-order valence-corrected chi connectivity index (χ2v) is 5.68. The Kier molecular flexibility index (Phi) is 4.63. The molecule has 2 fully saturated rings. The molecule has 2 amide bonds. The molecular weight excluding hydrogens is 246 g/mol. The Labute approximate surface area is 113 Å². The molecule has 6 nitrogen and oxygen atoms in total. The van der Waals surface area contributed by atoms with E-state index in [-0.39, 0.29) is 18.5 Å². The van der Waals surface area contributed by atoms with Gasteiger partial charge in [0, 0.05) is 38.8 Å². The van der Waals surface area contributed by atoms with Crippen molar-refractivity contribution >= 4 is 12.0 Å². The Bertz CT molecular complexity index is 336. The number of hydrogen-bond donors (Lipinski definition) is 2. The fourth-order valence-electron chi connectivity index (χ4n) is 2.41. The third-order valence-electron chi connectivity index (χ3n) is 3.72. The maximum atomic E-state index is 11.9. The summed E-state index contributed by atoms with van der Waals surface area (Å²) in [6.07, 6.45) is 2.67. The van der Waals surface area contributed by atoms with Gasteiger partial charge in [0.2, 0.25) is 0 Å². The first-order valence-electron chi connectivity index (χ1n) is 7.04. The Morgan fingerprint density at radius 1 is 1.26 bits per heavy atom. The van der Waals surface area contributed by atoms with Crippen molar-refractivity contribution in [2.45, 2.75) is 32.2 Å². The van der Waals surface area contributed by atoms with Gasteiger partial charge in [-0.25, -0.2) is 4.79 Å². The van der Waals surface area contributed by atoms with Gasteiger partial charge in [-0.15, -0.1) is 0 Å². The number of amides is 2. The van der Waals surface area contributed by atoms with Gasteiger partial charge in [0.05, 0.1) is 6.42 Å². The van der Waals surface area contributed by atoms with Crippen molar-refractivity contribution in [2.75, 3.05) is 32.7 Å². The van der Waals surface area contributed by atoms with Gasteiger partial charge >= 0.3 is 12.0 Å². The Balaban J connectivity index is 1.67. The van der Waals surface area contributed by atoms with Crippen molar-refractivity contribution < 1.29 is 14.7 Å². The lowest BCUT2D eigenvalue weighted by Crippen LogP contribution is -2.53. The van der Waals surface area contributed by atoms with E-state index in [4.69, 9.17) is 5.11 Å². The molecule has 19 heavy (non-hydrogen) atoms. The molecule has 0 bridgehead atoms. The summed E-state index contributed by atoms with van der Waals surface area (Å²) in [6.45, 7) is 6.21. The molecule has 0 aromatic rings. The van der Waals surface area contributed by atoms with E-state index < -0.39 is 5.97 Å². The normalized spacial score (nSPS) is 22.1. The molecule has 1 saturated heterocycles. The number of nitrogens with one attached hydrogen (secondary N) is 1. The fraction of sp³-hybridized carbons (Fsp3) is 0.846. The van der Waals surface area contributed by atoms with Crippen LogP contribution in [0.25, 0.3) is 0 Å². The average Bonchev–Trinajstić information content (AvgIpc) is 3.12. The molecule has 2 aliphatic rings. The average molecular weight is 269 g/mol. The van der Waals surface area contributed by atoms with Crippen LogP contribution >= 0.6 is 0 Å². The van der Waals surface area contributed by atoms with Crippen LogP contribution in [0, 0.1) is 5.92 Å².